The molecular formula is C32H38F2N4O6. The summed E-state index contributed by atoms with van der Waals surface area (Å²) in [5.41, 5.74) is 1.22. The predicted octanol–water partition coefficient (Wildman–Crippen LogP) is 4.62. The summed E-state index contributed by atoms with van der Waals surface area (Å²) in [6.07, 6.45) is 4.79. The van der Waals surface area contributed by atoms with Crippen LogP contribution < -0.4 is 15.4 Å². The van der Waals surface area contributed by atoms with E-state index < -0.39 is 35.7 Å². The van der Waals surface area contributed by atoms with Crippen LogP contribution in [0.25, 0.3) is 0 Å². The lowest BCUT2D eigenvalue weighted by Gasteiger charge is -2.37. The molecule has 0 bridgehead atoms. The van der Waals surface area contributed by atoms with Crippen LogP contribution in [-0.2, 0) is 14.3 Å². The number of para-hydroxylation sites is 1. The minimum Gasteiger partial charge on any atom is -0.496 e. The molecule has 0 spiro atoms. The first-order valence-corrected chi connectivity index (χ1v) is 14.8. The fourth-order valence-electron chi connectivity index (χ4n) is 6.72. The lowest BCUT2D eigenvalue weighted by atomic mass is 9.81. The number of likely N-dealkylation sites (tertiary alicyclic amines) is 1. The SMILES string of the molecule is COCC1=C(C(=O)OC)[C@H](c2ccc(F)c(F)c2)N(C(=O)N[C@@H]2CCN(C3CCC(c4ccccc4OC)CC3)C2)C(=O)N1. The van der Waals surface area contributed by atoms with E-state index in [2.05, 4.69) is 21.6 Å². The summed E-state index contributed by atoms with van der Waals surface area (Å²) >= 11 is 0. The minimum atomic E-state index is -1.38. The van der Waals surface area contributed by atoms with Crippen molar-refractivity contribution >= 4 is 18.0 Å². The highest BCUT2D eigenvalue weighted by Gasteiger charge is 2.44. The van der Waals surface area contributed by atoms with Crippen molar-refractivity contribution in [3.63, 3.8) is 0 Å². The Hall–Kier alpha value is -4.03. The molecule has 2 N–H and O–H groups in total. The van der Waals surface area contributed by atoms with Gasteiger partial charge in [0.2, 0.25) is 0 Å². The first kappa shape index (κ1) is 31.4. The van der Waals surface area contributed by atoms with Crippen molar-refractivity contribution in [2.24, 2.45) is 0 Å². The molecule has 0 unspecified atom stereocenters. The van der Waals surface area contributed by atoms with Gasteiger partial charge in [-0.1, -0.05) is 24.3 Å². The summed E-state index contributed by atoms with van der Waals surface area (Å²) in [6.45, 7) is 1.22. The lowest BCUT2D eigenvalue weighted by molar-refractivity contribution is -0.137. The molecule has 44 heavy (non-hydrogen) atoms. The number of urea groups is 2. The molecule has 2 atom stereocenters. The van der Waals surface area contributed by atoms with Gasteiger partial charge in [-0.2, -0.15) is 0 Å². The molecule has 236 valence electrons. The Morgan fingerprint density at radius 1 is 1.00 bits per heavy atom. The number of ether oxygens (including phenoxy) is 3. The predicted molar refractivity (Wildman–Crippen MR) is 157 cm³/mol. The van der Waals surface area contributed by atoms with Crippen molar-refractivity contribution in [1.82, 2.24) is 20.4 Å². The summed E-state index contributed by atoms with van der Waals surface area (Å²) in [5, 5.41) is 5.49. The first-order chi connectivity index (χ1) is 21.2. The van der Waals surface area contributed by atoms with E-state index in [-0.39, 0.29) is 29.5 Å². The Kier molecular flexibility index (Phi) is 9.80. The number of hydrogen-bond acceptors (Lipinski definition) is 7. The third-order valence-corrected chi connectivity index (χ3v) is 8.84. The van der Waals surface area contributed by atoms with E-state index in [4.69, 9.17) is 14.2 Å². The number of carbonyl (C=O) groups excluding carboxylic acids is 3. The maximum absolute atomic E-state index is 14.4. The number of imide groups is 1. The van der Waals surface area contributed by atoms with Crippen molar-refractivity contribution in [3.05, 3.63) is 76.5 Å². The van der Waals surface area contributed by atoms with Gasteiger partial charge in [0.25, 0.3) is 0 Å². The van der Waals surface area contributed by atoms with E-state index in [0.717, 1.165) is 62.1 Å². The number of rotatable bonds is 8. The van der Waals surface area contributed by atoms with Gasteiger partial charge in [0.05, 0.1) is 32.1 Å². The second-order valence-corrected chi connectivity index (χ2v) is 11.4. The summed E-state index contributed by atoms with van der Waals surface area (Å²) in [6, 6.07) is 8.29. The number of nitrogens with one attached hydrogen (secondary N) is 2. The molecule has 2 heterocycles. The molecule has 0 radical (unpaired) electrons. The van der Waals surface area contributed by atoms with Gasteiger partial charge in [0, 0.05) is 32.3 Å². The van der Waals surface area contributed by atoms with Gasteiger partial charge < -0.3 is 24.8 Å². The van der Waals surface area contributed by atoms with Crippen LogP contribution >= 0.6 is 0 Å². The molecule has 0 aromatic heterocycles. The van der Waals surface area contributed by atoms with E-state index in [0.29, 0.717) is 24.9 Å². The standard InChI is InChI=1S/C32H38F2N4O6/c1-42-18-26-28(30(39)44-3)29(20-10-13-24(33)25(34)16-20)38(32(41)36-26)31(40)35-21-14-15-37(17-21)22-11-8-19(9-12-22)23-6-4-5-7-27(23)43-2/h4-7,10,13,16,19,21-22,29H,8-9,11-12,14-15,17-18H2,1-3H3,(H,35,40)(H,36,41)/t19?,21-,22?,29+/m1/s1. The normalized spacial score (nSPS) is 24.2. The van der Waals surface area contributed by atoms with Crippen LogP contribution in [0, 0.1) is 11.6 Å². The lowest BCUT2D eigenvalue weighted by Crippen LogP contribution is -2.56. The highest BCUT2D eigenvalue weighted by molar-refractivity contribution is 6.01. The number of nitrogens with zero attached hydrogens (tertiary/aromatic N) is 2. The Balaban J connectivity index is 1.30. The first-order valence-electron chi connectivity index (χ1n) is 14.8. The second kappa shape index (κ2) is 13.7. The molecule has 2 aliphatic heterocycles. The fourth-order valence-corrected chi connectivity index (χ4v) is 6.72. The Morgan fingerprint density at radius 2 is 1.75 bits per heavy atom. The van der Waals surface area contributed by atoms with Gasteiger partial charge >= 0.3 is 18.0 Å². The molecule has 12 heteroatoms. The van der Waals surface area contributed by atoms with E-state index in [9.17, 15) is 23.2 Å². The van der Waals surface area contributed by atoms with Gasteiger partial charge in [-0.15, -0.1) is 0 Å². The topological polar surface area (TPSA) is 109 Å². The highest BCUT2D eigenvalue weighted by atomic mass is 19.2. The fraction of sp³-hybridized carbons (Fsp3) is 0.469. The van der Waals surface area contributed by atoms with Gasteiger partial charge in [-0.05, 0) is 67.3 Å². The number of hydrogen-bond donors (Lipinski definition) is 2. The number of methoxy groups -OCH3 is 3. The molecule has 10 nitrogen and oxygen atoms in total. The Morgan fingerprint density at radius 3 is 2.43 bits per heavy atom. The molecule has 2 aromatic carbocycles. The van der Waals surface area contributed by atoms with Crippen LogP contribution in [0.1, 0.15) is 55.2 Å². The average molecular weight is 613 g/mol. The number of halogens is 2. The minimum absolute atomic E-state index is 0.0303. The molecule has 2 aromatic rings. The summed E-state index contributed by atoms with van der Waals surface area (Å²) in [7, 11) is 4.22. The summed E-state index contributed by atoms with van der Waals surface area (Å²) < 4.78 is 43.9. The van der Waals surface area contributed by atoms with Crippen LogP contribution in [0.15, 0.2) is 53.7 Å². The van der Waals surface area contributed by atoms with Crippen molar-refractivity contribution < 1.29 is 37.4 Å². The zero-order valence-electron chi connectivity index (χ0n) is 25.1. The van der Waals surface area contributed by atoms with Crippen LogP contribution in [-0.4, -0.2) is 80.9 Å². The van der Waals surface area contributed by atoms with Crippen molar-refractivity contribution in [3.8, 4) is 5.75 Å². The second-order valence-electron chi connectivity index (χ2n) is 11.4. The molecule has 5 rings (SSSR count). The van der Waals surface area contributed by atoms with Crippen molar-refractivity contribution in [1.29, 1.82) is 0 Å². The molecule has 2 fully saturated rings. The molecule has 1 saturated heterocycles. The number of esters is 1. The van der Waals surface area contributed by atoms with E-state index in [1.54, 1.807) is 7.11 Å². The number of amides is 4. The maximum atomic E-state index is 14.4. The smallest absolute Gasteiger partial charge is 0.338 e. The zero-order chi connectivity index (χ0) is 31.4. The van der Waals surface area contributed by atoms with Crippen LogP contribution in [0.5, 0.6) is 5.75 Å². The van der Waals surface area contributed by atoms with Gasteiger partial charge in [0.1, 0.15) is 11.8 Å². The van der Waals surface area contributed by atoms with Crippen molar-refractivity contribution in [2.75, 3.05) is 41.0 Å². The summed E-state index contributed by atoms with van der Waals surface area (Å²) in [5.74, 6) is -1.78. The van der Waals surface area contributed by atoms with E-state index in [1.165, 1.54) is 18.7 Å². The highest BCUT2D eigenvalue weighted by Crippen LogP contribution is 2.40. The number of benzene rings is 2. The largest absolute Gasteiger partial charge is 0.496 e. The van der Waals surface area contributed by atoms with Crippen LogP contribution in [0.3, 0.4) is 0 Å². The summed E-state index contributed by atoms with van der Waals surface area (Å²) in [4.78, 5) is 43.2. The Labute approximate surface area is 255 Å². The molecule has 3 aliphatic rings. The Bertz CT molecular complexity index is 1430. The van der Waals surface area contributed by atoms with E-state index >= 15 is 0 Å². The van der Waals surface area contributed by atoms with E-state index in [1.807, 2.05) is 18.2 Å². The average Bonchev–Trinajstić information content (AvgIpc) is 3.50. The van der Waals surface area contributed by atoms with Gasteiger partial charge in [0.15, 0.2) is 11.6 Å². The third kappa shape index (κ3) is 6.41. The molecule has 1 aliphatic carbocycles. The third-order valence-electron chi connectivity index (χ3n) is 8.84. The monoisotopic (exact) mass is 612 g/mol. The quantitative estimate of drug-likeness (QED) is 0.419. The molecule has 1 saturated carbocycles. The van der Waals surface area contributed by atoms with Crippen molar-refractivity contribution in [2.45, 2.75) is 56.1 Å². The van der Waals surface area contributed by atoms with Crippen LogP contribution in [0.2, 0.25) is 0 Å². The molecular weight excluding hydrogens is 574 g/mol. The molecule has 4 amide bonds. The van der Waals surface area contributed by atoms with Crippen LogP contribution in [0.4, 0.5) is 18.4 Å². The zero-order valence-corrected chi connectivity index (χ0v) is 25.1. The van der Waals surface area contributed by atoms with Gasteiger partial charge in [-0.25, -0.2) is 28.1 Å². The van der Waals surface area contributed by atoms with Gasteiger partial charge in [-0.3, -0.25) is 4.90 Å². The maximum Gasteiger partial charge on any atom is 0.338 e. The number of carbonyl (C=O) groups is 3.